The highest BCUT2D eigenvalue weighted by molar-refractivity contribution is 5.81. The Labute approximate surface area is 133 Å². The van der Waals surface area contributed by atoms with Gasteiger partial charge in [0.25, 0.3) is 5.09 Å². The lowest BCUT2D eigenvalue weighted by atomic mass is 10.2. The monoisotopic (exact) mass is 323 g/mol. The first-order chi connectivity index (χ1) is 11.1. The average molecular weight is 323 g/mol. The molecule has 126 valence electrons. The minimum atomic E-state index is -1.50. The Hall–Kier alpha value is -2.61. The van der Waals surface area contributed by atoms with Crippen LogP contribution in [0.2, 0.25) is 0 Å². The van der Waals surface area contributed by atoms with Crippen LogP contribution in [0.5, 0.6) is 5.75 Å². The molecule has 1 aromatic carbocycles. The first-order valence-corrected chi connectivity index (χ1v) is 7.19. The molecule has 1 heterocycles. The number of fused-ring (bicyclic) bond motifs is 1. The van der Waals surface area contributed by atoms with Crippen molar-refractivity contribution in [2.75, 3.05) is 25.6 Å². The van der Waals surface area contributed by atoms with Gasteiger partial charge < -0.3 is 20.4 Å². The third-order valence-electron chi connectivity index (χ3n) is 3.04. The number of nitrogens with one attached hydrogen (secondary N) is 1. The van der Waals surface area contributed by atoms with E-state index in [2.05, 4.69) is 10.3 Å². The van der Waals surface area contributed by atoms with Crippen molar-refractivity contribution < 1.29 is 20.1 Å². The second-order valence-electron chi connectivity index (χ2n) is 4.70. The van der Waals surface area contributed by atoms with Gasteiger partial charge in [0.05, 0.1) is 12.6 Å². The van der Waals surface area contributed by atoms with Gasteiger partial charge in [-0.05, 0) is 49.6 Å². The van der Waals surface area contributed by atoms with Gasteiger partial charge in [0.1, 0.15) is 11.6 Å². The first kappa shape index (κ1) is 18.4. The van der Waals surface area contributed by atoms with Crippen LogP contribution in [-0.2, 0) is 0 Å². The predicted molar refractivity (Wildman–Crippen MR) is 86.5 cm³/mol. The molecule has 2 rings (SSSR count). The number of anilines is 1. The second-order valence-corrected chi connectivity index (χ2v) is 4.70. The highest BCUT2D eigenvalue weighted by Crippen LogP contribution is 2.20. The molecule has 8 nitrogen and oxygen atoms in total. The number of unbranched alkanes of at least 4 members (excludes halogenated alkanes) is 2. The van der Waals surface area contributed by atoms with Gasteiger partial charge in [-0.1, -0.05) is 0 Å². The van der Waals surface area contributed by atoms with Gasteiger partial charge in [0.2, 0.25) is 0 Å². The second kappa shape index (κ2) is 10.2. The maximum Gasteiger partial charge on any atom is 0.291 e. The standard InChI is InChI=1S/C15H20N2O2.HNO3/c1-19-13-6-7-14-12(11-13)5-8-15(17-14)16-9-3-2-4-10-18;2-1(3)4/h5-8,11,18H,2-4,9-10H2,1H3,(H,16,17);(H,2,3,4). The van der Waals surface area contributed by atoms with E-state index in [4.69, 9.17) is 25.2 Å². The fraction of sp³-hybridized carbons (Fsp3) is 0.400. The van der Waals surface area contributed by atoms with E-state index in [1.807, 2.05) is 30.3 Å². The van der Waals surface area contributed by atoms with Crippen LogP contribution >= 0.6 is 0 Å². The third-order valence-corrected chi connectivity index (χ3v) is 3.04. The fourth-order valence-corrected chi connectivity index (χ4v) is 1.96. The van der Waals surface area contributed by atoms with E-state index in [1.54, 1.807) is 7.11 Å². The molecule has 3 N–H and O–H groups in total. The van der Waals surface area contributed by atoms with Crippen LogP contribution in [0.3, 0.4) is 0 Å². The van der Waals surface area contributed by atoms with Crippen LogP contribution in [-0.4, -0.2) is 40.6 Å². The zero-order chi connectivity index (χ0) is 17.1. The highest BCUT2D eigenvalue weighted by atomic mass is 16.9. The molecule has 0 aliphatic rings. The number of rotatable bonds is 7. The summed E-state index contributed by atoms with van der Waals surface area (Å²) < 4.78 is 5.19. The SMILES string of the molecule is COc1ccc2nc(NCCCCCO)ccc2c1.O=[N+]([O-])O. The Balaban J connectivity index is 0.000000593. The third kappa shape index (κ3) is 7.28. The van der Waals surface area contributed by atoms with E-state index in [0.29, 0.717) is 0 Å². The topological polar surface area (TPSA) is 118 Å². The number of aliphatic hydroxyl groups is 1. The van der Waals surface area contributed by atoms with Crippen LogP contribution in [0, 0.1) is 10.1 Å². The molecule has 1 aromatic heterocycles. The maximum atomic E-state index is 8.70. The van der Waals surface area contributed by atoms with E-state index in [-0.39, 0.29) is 6.61 Å². The quantitative estimate of drug-likeness (QED) is 0.407. The fourth-order valence-electron chi connectivity index (χ4n) is 1.96. The van der Waals surface area contributed by atoms with Gasteiger partial charge in [0.15, 0.2) is 0 Å². The summed E-state index contributed by atoms with van der Waals surface area (Å²) in [7, 11) is 1.66. The lowest BCUT2D eigenvalue weighted by molar-refractivity contribution is -0.742. The summed E-state index contributed by atoms with van der Waals surface area (Å²) in [6, 6.07) is 9.88. The van der Waals surface area contributed by atoms with Gasteiger partial charge in [-0.15, -0.1) is 10.1 Å². The Morgan fingerprint density at radius 2 is 2.00 bits per heavy atom. The lowest BCUT2D eigenvalue weighted by Gasteiger charge is -2.07. The minimum absolute atomic E-state index is 0.274. The van der Waals surface area contributed by atoms with Crippen molar-refractivity contribution in [3.05, 3.63) is 40.4 Å². The summed E-state index contributed by atoms with van der Waals surface area (Å²) >= 11 is 0. The molecule has 0 bridgehead atoms. The summed E-state index contributed by atoms with van der Waals surface area (Å²) in [6.07, 6.45) is 2.95. The number of methoxy groups -OCH3 is 1. The number of hydrogen-bond acceptors (Lipinski definition) is 6. The molecule has 2 aromatic rings. The molecule has 23 heavy (non-hydrogen) atoms. The number of pyridine rings is 1. The molecule has 0 saturated heterocycles. The van der Waals surface area contributed by atoms with E-state index in [1.165, 1.54) is 0 Å². The summed E-state index contributed by atoms with van der Waals surface area (Å²) in [4.78, 5) is 12.9. The number of aromatic nitrogens is 1. The number of aliphatic hydroxyl groups excluding tert-OH is 1. The molecule has 0 radical (unpaired) electrons. The van der Waals surface area contributed by atoms with Gasteiger partial charge >= 0.3 is 0 Å². The first-order valence-electron chi connectivity index (χ1n) is 7.19. The summed E-state index contributed by atoms with van der Waals surface area (Å²) in [5, 5.41) is 26.7. The number of ether oxygens (including phenoxy) is 1. The van der Waals surface area contributed by atoms with Crippen molar-refractivity contribution in [2.24, 2.45) is 0 Å². The Morgan fingerprint density at radius 1 is 1.26 bits per heavy atom. The molecule has 0 spiro atoms. The maximum absolute atomic E-state index is 8.70. The molecular formula is C15H21N3O5. The Kier molecular flexibility index (Phi) is 8.16. The number of hydrogen-bond donors (Lipinski definition) is 3. The van der Waals surface area contributed by atoms with E-state index in [0.717, 1.165) is 48.3 Å². The molecule has 0 aliphatic carbocycles. The summed E-state index contributed by atoms with van der Waals surface area (Å²) in [5.41, 5.74) is 0.959. The minimum Gasteiger partial charge on any atom is -0.497 e. The van der Waals surface area contributed by atoms with Crippen LogP contribution < -0.4 is 10.1 Å². The summed E-state index contributed by atoms with van der Waals surface area (Å²) in [5.74, 6) is 1.74. The van der Waals surface area contributed by atoms with Crippen LogP contribution in [0.25, 0.3) is 10.9 Å². The molecular weight excluding hydrogens is 302 g/mol. The van der Waals surface area contributed by atoms with Crippen molar-refractivity contribution in [3.8, 4) is 5.75 Å². The smallest absolute Gasteiger partial charge is 0.291 e. The molecule has 0 amide bonds. The molecule has 0 aliphatic heterocycles. The van der Waals surface area contributed by atoms with Crippen molar-refractivity contribution in [2.45, 2.75) is 19.3 Å². The Morgan fingerprint density at radius 3 is 2.65 bits per heavy atom. The average Bonchev–Trinajstić information content (AvgIpc) is 2.53. The van der Waals surface area contributed by atoms with Crippen LogP contribution in [0.4, 0.5) is 5.82 Å². The molecule has 0 fully saturated rings. The van der Waals surface area contributed by atoms with Crippen molar-refractivity contribution in [1.82, 2.24) is 4.98 Å². The summed E-state index contributed by atoms with van der Waals surface area (Å²) in [6.45, 7) is 1.16. The number of benzene rings is 1. The normalized spacial score (nSPS) is 9.83. The molecule has 0 atom stereocenters. The van der Waals surface area contributed by atoms with Gasteiger partial charge in [-0.25, -0.2) is 4.98 Å². The van der Waals surface area contributed by atoms with Gasteiger partial charge in [-0.3, -0.25) is 0 Å². The largest absolute Gasteiger partial charge is 0.497 e. The van der Waals surface area contributed by atoms with E-state index < -0.39 is 5.09 Å². The highest BCUT2D eigenvalue weighted by Gasteiger charge is 2.00. The Bertz CT molecular complexity index is 617. The van der Waals surface area contributed by atoms with E-state index in [9.17, 15) is 0 Å². The van der Waals surface area contributed by atoms with Crippen molar-refractivity contribution in [3.63, 3.8) is 0 Å². The lowest BCUT2D eigenvalue weighted by Crippen LogP contribution is -2.03. The zero-order valence-corrected chi connectivity index (χ0v) is 12.9. The van der Waals surface area contributed by atoms with Crippen LogP contribution in [0.15, 0.2) is 30.3 Å². The molecule has 0 saturated carbocycles. The van der Waals surface area contributed by atoms with E-state index >= 15 is 0 Å². The van der Waals surface area contributed by atoms with Crippen molar-refractivity contribution >= 4 is 16.7 Å². The van der Waals surface area contributed by atoms with Crippen molar-refractivity contribution in [1.29, 1.82) is 0 Å². The molecule has 0 unspecified atom stereocenters. The zero-order valence-electron chi connectivity index (χ0n) is 12.9. The van der Waals surface area contributed by atoms with Gasteiger partial charge in [0, 0.05) is 18.5 Å². The predicted octanol–water partition coefficient (Wildman–Crippen LogP) is 2.47. The van der Waals surface area contributed by atoms with Gasteiger partial charge in [-0.2, -0.15) is 0 Å². The van der Waals surface area contributed by atoms with Crippen LogP contribution in [0.1, 0.15) is 19.3 Å². The molecule has 8 heteroatoms. The number of nitrogens with zero attached hydrogens (tertiary/aromatic N) is 2.